The Hall–Kier alpha value is -1.08. The molecule has 1 aromatic carbocycles. The molecule has 2 aliphatic rings. The Morgan fingerprint density at radius 3 is 2.19 bits per heavy atom. The first-order valence-electron chi connectivity index (χ1n) is 6.40. The number of nitrogens with zero attached hydrogens (tertiary/aromatic N) is 1. The monoisotopic (exact) mass is 213 g/mol. The smallest absolute Gasteiger partial charge is 0.0262 e. The molecule has 84 valence electrons. The molecule has 1 aliphatic heterocycles. The second kappa shape index (κ2) is 4.42. The third-order valence-corrected chi connectivity index (χ3v) is 3.84. The van der Waals surface area contributed by atoms with E-state index in [4.69, 9.17) is 0 Å². The van der Waals surface area contributed by atoms with E-state index in [1.54, 1.807) is 0 Å². The highest BCUT2D eigenvalue weighted by Gasteiger charge is 2.45. The minimum absolute atomic E-state index is 0.866. The Morgan fingerprint density at radius 1 is 0.938 bits per heavy atom. The van der Waals surface area contributed by atoms with Gasteiger partial charge in [-0.15, -0.1) is 0 Å². The molecule has 1 heterocycles. The summed E-state index contributed by atoms with van der Waals surface area (Å²) < 4.78 is 0. The molecule has 3 rings (SSSR count). The van der Waals surface area contributed by atoms with Gasteiger partial charge >= 0.3 is 0 Å². The van der Waals surface area contributed by atoms with Gasteiger partial charge in [-0.2, -0.15) is 0 Å². The summed E-state index contributed by atoms with van der Waals surface area (Å²) >= 11 is 0. The van der Waals surface area contributed by atoms with Crippen molar-refractivity contribution in [3.8, 4) is 0 Å². The maximum Gasteiger partial charge on any atom is 0.0262 e. The highest BCUT2D eigenvalue weighted by molar-refractivity contribution is 5.17. The summed E-state index contributed by atoms with van der Waals surface area (Å²) in [4.78, 5) is 2.67. The second-order valence-electron chi connectivity index (χ2n) is 4.92. The van der Waals surface area contributed by atoms with E-state index in [1.807, 2.05) is 0 Å². The molecule has 0 N–H and O–H groups in total. The summed E-state index contributed by atoms with van der Waals surface area (Å²) in [6, 6.07) is 12.6. The van der Waals surface area contributed by atoms with Crippen molar-refractivity contribution >= 4 is 0 Å². The molecule has 2 atom stereocenters. The standard InChI is InChI=1S/C15H19N/c1-2-7-11-15-14(10-6-1)16(15)12-13-8-4-3-5-9-13/h1-5,8-9,14-15H,6-7,10-12H2/b2-1-. The van der Waals surface area contributed by atoms with Gasteiger partial charge in [0, 0.05) is 18.6 Å². The number of rotatable bonds is 2. The summed E-state index contributed by atoms with van der Waals surface area (Å²) in [5.41, 5.74) is 1.46. The van der Waals surface area contributed by atoms with E-state index >= 15 is 0 Å². The van der Waals surface area contributed by atoms with Gasteiger partial charge in [0.25, 0.3) is 0 Å². The van der Waals surface area contributed by atoms with Crippen LogP contribution < -0.4 is 0 Å². The number of allylic oxidation sites excluding steroid dienone is 2. The average molecular weight is 213 g/mol. The second-order valence-corrected chi connectivity index (χ2v) is 4.92. The predicted octanol–water partition coefficient (Wildman–Crippen LogP) is 3.37. The number of hydrogen-bond acceptors (Lipinski definition) is 1. The normalized spacial score (nSPS) is 34.6. The zero-order chi connectivity index (χ0) is 10.8. The minimum Gasteiger partial charge on any atom is -0.290 e. The van der Waals surface area contributed by atoms with Gasteiger partial charge in [0.15, 0.2) is 0 Å². The predicted molar refractivity (Wildman–Crippen MR) is 67.2 cm³/mol. The SMILES string of the molecule is C1=C\CCC2C(CC/1)N2Cc1ccccc1. The first kappa shape index (κ1) is 10.1. The molecule has 1 saturated heterocycles. The van der Waals surface area contributed by atoms with Crippen molar-refractivity contribution in [3.05, 3.63) is 48.0 Å². The van der Waals surface area contributed by atoms with Crippen molar-refractivity contribution in [3.63, 3.8) is 0 Å². The largest absolute Gasteiger partial charge is 0.290 e. The summed E-state index contributed by atoms with van der Waals surface area (Å²) in [5, 5.41) is 0. The van der Waals surface area contributed by atoms with Gasteiger partial charge in [0.1, 0.15) is 0 Å². The maximum atomic E-state index is 2.67. The molecular weight excluding hydrogens is 194 g/mol. The summed E-state index contributed by atoms with van der Waals surface area (Å²) in [6.07, 6.45) is 9.96. The van der Waals surface area contributed by atoms with Crippen LogP contribution >= 0.6 is 0 Å². The van der Waals surface area contributed by atoms with E-state index in [2.05, 4.69) is 47.4 Å². The lowest BCUT2D eigenvalue weighted by Crippen LogP contribution is -2.02. The van der Waals surface area contributed by atoms with Crippen LogP contribution in [-0.4, -0.2) is 17.0 Å². The van der Waals surface area contributed by atoms with E-state index in [-0.39, 0.29) is 0 Å². The molecule has 16 heavy (non-hydrogen) atoms. The van der Waals surface area contributed by atoms with Crippen LogP contribution in [0.15, 0.2) is 42.5 Å². The fourth-order valence-electron chi connectivity index (χ4n) is 2.91. The van der Waals surface area contributed by atoms with E-state index in [9.17, 15) is 0 Å². The quantitative estimate of drug-likeness (QED) is 0.537. The molecule has 0 saturated carbocycles. The van der Waals surface area contributed by atoms with Crippen LogP contribution in [0.2, 0.25) is 0 Å². The molecule has 0 aromatic heterocycles. The van der Waals surface area contributed by atoms with Crippen molar-refractivity contribution in [1.29, 1.82) is 0 Å². The van der Waals surface area contributed by atoms with Crippen LogP contribution in [0.3, 0.4) is 0 Å². The van der Waals surface area contributed by atoms with Crippen LogP contribution in [0.5, 0.6) is 0 Å². The number of benzene rings is 1. The van der Waals surface area contributed by atoms with Crippen LogP contribution in [0.1, 0.15) is 31.2 Å². The summed E-state index contributed by atoms with van der Waals surface area (Å²) in [6.45, 7) is 1.15. The third kappa shape index (κ3) is 2.05. The fraction of sp³-hybridized carbons (Fsp3) is 0.467. The molecule has 1 heteroatoms. The van der Waals surface area contributed by atoms with Crippen molar-refractivity contribution in [1.82, 2.24) is 4.90 Å². The van der Waals surface area contributed by atoms with Crippen molar-refractivity contribution < 1.29 is 0 Å². The molecule has 1 fully saturated rings. The average Bonchev–Trinajstić information content (AvgIpc) is 2.89. The first-order chi connectivity index (χ1) is 7.95. The lowest BCUT2D eigenvalue weighted by atomic mass is 10.1. The molecule has 2 unspecified atom stereocenters. The van der Waals surface area contributed by atoms with E-state index in [0.717, 1.165) is 18.6 Å². The molecule has 0 spiro atoms. The highest BCUT2D eigenvalue weighted by Crippen LogP contribution is 2.38. The van der Waals surface area contributed by atoms with Crippen LogP contribution in [0, 0.1) is 0 Å². The maximum absolute atomic E-state index is 2.67. The Bertz CT molecular complexity index is 352. The van der Waals surface area contributed by atoms with Crippen molar-refractivity contribution in [2.45, 2.75) is 44.3 Å². The van der Waals surface area contributed by atoms with E-state index in [0.29, 0.717) is 0 Å². The Morgan fingerprint density at radius 2 is 1.56 bits per heavy atom. The summed E-state index contributed by atoms with van der Waals surface area (Å²) in [5.74, 6) is 0. The molecular formula is C15H19N. The Labute approximate surface area is 97.8 Å². The fourth-order valence-corrected chi connectivity index (χ4v) is 2.91. The number of fused-ring (bicyclic) bond motifs is 1. The van der Waals surface area contributed by atoms with Gasteiger partial charge in [-0.25, -0.2) is 0 Å². The van der Waals surface area contributed by atoms with Gasteiger partial charge in [0.05, 0.1) is 0 Å². The molecule has 1 aliphatic carbocycles. The van der Waals surface area contributed by atoms with Gasteiger partial charge in [0.2, 0.25) is 0 Å². The zero-order valence-electron chi connectivity index (χ0n) is 9.68. The van der Waals surface area contributed by atoms with Gasteiger partial charge in [-0.05, 0) is 31.2 Å². The molecule has 0 amide bonds. The molecule has 0 radical (unpaired) electrons. The molecule has 1 nitrogen and oxygen atoms in total. The lowest BCUT2D eigenvalue weighted by Gasteiger charge is -2.03. The van der Waals surface area contributed by atoms with Crippen LogP contribution in [0.4, 0.5) is 0 Å². The molecule has 1 aromatic rings. The third-order valence-electron chi connectivity index (χ3n) is 3.84. The van der Waals surface area contributed by atoms with Gasteiger partial charge in [-0.1, -0.05) is 42.5 Å². The lowest BCUT2D eigenvalue weighted by molar-refractivity contribution is 0.459. The van der Waals surface area contributed by atoms with Gasteiger partial charge < -0.3 is 0 Å². The minimum atomic E-state index is 0.866. The van der Waals surface area contributed by atoms with Gasteiger partial charge in [-0.3, -0.25) is 4.90 Å². The Kier molecular flexibility index (Phi) is 2.79. The highest BCUT2D eigenvalue weighted by atomic mass is 15.3. The van der Waals surface area contributed by atoms with Crippen molar-refractivity contribution in [2.24, 2.45) is 0 Å². The number of hydrogen-bond donors (Lipinski definition) is 0. The Balaban J connectivity index is 1.62. The zero-order valence-corrected chi connectivity index (χ0v) is 9.68. The first-order valence-corrected chi connectivity index (χ1v) is 6.40. The van der Waals surface area contributed by atoms with Crippen LogP contribution in [-0.2, 0) is 6.54 Å². The summed E-state index contributed by atoms with van der Waals surface area (Å²) in [7, 11) is 0. The van der Waals surface area contributed by atoms with E-state index < -0.39 is 0 Å². The van der Waals surface area contributed by atoms with Crippen molar-refractivity contribution in [2.75, 3.05) is 0 Å². The van der Waals surface area contributed by atoms with Crippen LogP contribution in [0.25, 0.3) is 0 Å². The molecule has 0 bridgehead atoms. The van der Waals surface area contributed by atoms with E-state index in [1.165, 1.54) is 31.2 Å². The topological polar surface area (TPSA) is 3.01 Å².